The Labute approximate surface area is 150 Å². The van der Waals surface area contributed by atoms with Crippen LogP contribution in [0.25, 0.3) is 0 Å². The molecule has 0 radical (unpaired) electrons. The lowest BCUT2D eigenvalue weighted by Crippen LogP contribution is -2.15. The van der Waals surface area contributed by atoms with Gasteiger partial charge in [0.25, 0.3) is 5.69 Å². The Kier molecular flexibility index (Phi) is 6.36. The maximum Gasteiger partial charge on any atom is 0.293 e. The number of benzene rings is 2. The molecule has 26 heavy (non-hydrogen) atoms. The summed E-state index contributed by atoms with van der Waals surface area (Å²) in [5.74, 6) is 1.37. The normalized spacial score (nSPS) is 11.0. The maximum atomic E-state index is 11.3. The van der Waals surface area contributed by atoms with Crippen LogP contribution in [-0.4, -0.2) is 33.1 Å². The zero-order chi connectivity index (χ0) is 19.2. The molecule has 0 unspecified atom stereocenters. The highest BCUT2D eigenvalue weighted by molar-refractivity contribution is 7.89. The number of nitro groups is 1. The standard InChI is InChI=1S/C16H19N3O6S/c1-2-24-12-3-5-13(6-4-12)25-10-9-18-15-8-7-14(26(17,22)23)11-16(15)19(20)21/h3-8,11,18H,2,9-10H2,1H3,(H2,17,22,23). The molecule has 2 aromatic carbocycles. The number of rotatable bonds is 9. The van der Waals surface area contributed by atoms with Crippen LogP contribution >= 0.6 is 0 Å². The molecule has 0 aromatic heterocycles. The second-order valence-corrected chi connectivity index (χ2v) is 6.72. The first-order chi connectivity index (χ1) is 12.3. The maximum absolute atomic E-state index is 11.3. The van der Waals surface area contributed by atoms with Crippen LogP contribution < -0.4 is 19.9 Å². The summed E-state index contributed by atoms with van der Waals surface area (Å²) in [5.41, 5.74) is -0.199. The molecule has 140 valence electrons. The molecule has 3 N–H and O–H groups in total. The van der Waals surface area contributed by atoms with Gasteiger partial charge in [-0.1, -0.05) is 0 Å². The fourth-order valence-electron chi connectivity index (χ4n) is 2.14. The Morgan fingerprint density at radius 2 is 1.73 bits per heavy atom. The van der Waals surface area contributed by atoms with E-state index in [-0.39, 0.29) is 29.4 Å². The molecule has 0 aliphatic rings. The van der Waals surface area contributed by atoms with Gasteiger partial charge in [-0.3, -0.25) is 10.1 Å². The van der Waals surface area contributed by atoms with Gasteiger partial charge in [0.1, 0.15) is 23.8 Å². The summed E-state index contributed by atoms with van der Waals surface area (Å²) in [6.07, 6.45) is 0. The monoisotopic (exact) mass is 381 g/mol. The van der Waals surface area contributed by atoms with E-state index in [1.54, 1.807) is 24.3 Å². The van der Waals surface area contributed by atoms with Gasteiger partial charge in [0.05, 0.1) is 16.4 Å². The van der Waals surface area contributed by atoms with Gasteiger partial charge < -0.3 is 14.8 Å². The van der Waals surface area contributed by atoms with Crippen molar-refractivity contribution >= 4 is 21.4 Å². The van der Waals surface area contributed by atoms with Gasteiger partial charge in [0.15, 0.2) is 0 Å². The SMILES string of the molecule is CCOc1ccc(OCCNc2ccc(S(N)(=O)=O)cc2[N+](=O)[O-])cc1. The van der Waals surface area contributed by atoms with Crippen molar-refractivity contribution in [3.63, 3.8) is 0 Å². The number of nitrogens with one attached hydrogen (secondary N) is 1. The molecule has 0 bridgehead atoms. The van der Waals surface area contributed by atoms with Gasteiger partial charge in [-0.05, 0) is 43.3 Å². The first-order valence-electron chi connectivity index (χ1n) is 7.72. The number of nitro benzene ring substituents is 1. The Hall–Kier alpha value is -2.85. The van der Waals surface area contributed by atoms with Crippen LogP contribution in [0.15, 0.2) is 47.4 Å². The molecule has 0 spiro atoms. The summed E-state index contributed by atoms with van der Waals surface area (Å²) in [7, 11) is -4.01. The topological polar surface area (TPSA) is 134 Å². The Balaban J connectivity index is 1.95. The minimum Gasteiger partial charge on any atom is -0.494 e. The minimum absolute atomic E-state index is 0.178. The third-order valence-electron chi connectivity index (χ3n) is 3.32. The van der Waals surface area contributed by atoms with Crippen molar-refractivity contribution in [2.24, 2.45) is 5.14 Å². The van der Waals surface area contributed by atoms with Gasteiger partial charge >= 0.3 is 0 Å². The summed E-state index contributed by atoms with van der Waals surface area (Å²) < 4.78 is 33.5. The van der Waals surface area contributed by atoms with Crippen LogP contribution in [0, 0.1) is 10.1 Å². The number of hydrogen-bond donors (Lipinski definition) is 2. The molecule has 10 heteroatoms. The van der Waals surface area contributed by atoms with E-state index >= 15 is 0 Å². The van der Waals surface area contributed by atoms with Gasteiger partial charge in [0.2, 0.25) is 10.0 Å². The average molecular weight is 381 g/mol. The van der Waals surface area contributed by atoms with Crippen molar-refractivity contribution in [1.82, 2.24) is 0 Å². The molecule has 0 aliphatic heterocycles. The van der Waals surface area contributed by atoms with Gasteiger partial charge in [0, 0.05) is 12.6 Å². The Morgan fingerprint density at radius 3 is 2.27 bits per heavy atom. The lowest BCUT2D eigenvalue weighted by atomic mass is 10.2. The highest BCUT2D eigenvalue weighted by Crippen LogP contribution is 2.27. The smallest absolute Gasteiger partial charge is 0.293 e. The third-order valence-corrected chi connectivity index (χ3v) is 4.23. The van der Waals surface area contributed by atoms with Gasteiger partial charge in [-0.15, -0.1) is 0 Å². The fourth-order valence-corrected chi connectivity index (χ4v) is 2.68. The quantitative estimate of drug-likeness (QED) is 0.386. The van der Waals surface area contributed by atoms with E-state index in [2.05, 4.69) is 5.32 Å². The number of sulfonamides is 1. The summed E-state index contributed by atoms with van der Waals surface area (Å²) in [5, 5.41) is 19.0. The van der Waals surface area contributed by atoms with Crippen molar-refractivity contribution < 1.29 is 22.8 Å². The van der Waals surface area contributed by atoms with E-state index in [4.69, 9.17) is 14.6 Å². The van der Waals surface area contributed by atoms with Crippen LogP contribution in [0.5, 0.6) is 11.5 Å². The third kappa shape index (κ3) is 5.33. The lowest BCUT2D eigenvalue weighted by Gasteiger charge is -2.10. The first-order valence-corrected chi connectivity index (χ1v) is 9.26. The van der Waals surface area contributed by atoms with Gasteiger partial charge in [-0.25, -0.2) is 13.6 Å². The Bertz CT molecular complexity index is 868. The number of hydrogen-bond acceptors (Lipinski definition) is 7. The zero-order valence-electron chi connectivity index (χ0n) is 14.0. The predicted octanol–water partition coefficient (Wildman–Crippen LogP) is 2.13. The second-order valence-electron chi connectivity index (χ2n) is 5.16. The van der Waals surface area contributed by atoms with E-state index < -0.39 is 14.9 Å². The molecule has 2 rings (SSSR count). The van der Waals surface area contributed by atoms with E-state index in [1.807, 2.05) is 6.92 Å². The lowest BCUT2D eigenvalue weighted by molar-refractivity contribution is -0.384. The van der Waals surface area contributed by atoms with Crippen molar-refractivity contribution in [2.45, 2.75) is 11.8 Å². The number of nitrogens with two attached hydrogens (primary N) is 1. The van der Waals surface area contributed by atoms with Crippen molar-refractivity contribution in [1.29, 1.82) is 0 Å². The van der Waals surface area contributed by atoms with E-state index in [1.165, 1.54) is 12.1 Å². The summed E-state index contributed by atoms with van der Waals surface area (Å²) in [4.78, 5) is 10.1. The highest BCUT2D eigenvalue weighted by atomic mass is 32.2. The van der Waals surface area contributed by atoms with E-state index in [0.717, 1.165) is 11.8 Å². The molecule has 0 aliphatic carbocycles. The number of anilines is 1. The molecular weight excluding hydrogens is 362 g/mol. The van der Waals surface area contributed by atoms with Crippen LogP contribution in [0.1, 0.15) is 6.92 Å². The highest BCUT2D eigenvalue weighted by Gasteiger charge is 2.18. The van der Waals surface area contributed by atoms with Crippen LogP contribution in [-0.2, 0) is 10.0 Å². The van der Waals surface area contributed by atoms with Crippen molar-refractivity contribution in [3.05, 3.63) is 52.6 Å². The second kappa shape index (κ2) is 8.50. The van der Waals surface area contributed by atoms with Gasteiger partial charge in [-0.2, -0.15) is 0 Å². The molecule has 9 nitrogen and oxygen atoms in total. The molecule has 2 aromatic rings. The number of ether oxygens (including phenoxy) is 2. The average Bonchev–Trinajstić information content (AvgIpc) is 2.59. The van der Waals surface area contributed by atoms with E-state index in [0.29, 0.717) is 12.4 Å². The largest absolute Gasteiger partial charge is 0.494 e. The van der Waals surface area contributed by atoms with Crippen LogP contribution in [0.3, 0.4) is 0 Å². The predicted molar refractivity (Wildman–Crippen MR) is 96.1 cm³/mol. The molecule has 0 saturated carbocycles. The molecule has 0 saturated heterocycles. The molecule has 0 heterocycles. The molecular formula is C16H19N3O6S. The number of primary sulfonamides is 1. The molecule has 0 atom stereocenters. The summed E-state index contributed by atoms with van der Waals surface area (Å²) in [6.45, 7) is 3.00. The van der Waals surface area contributed by atoms with Crippen molar-refractivity contribution in [3.8, 4) is 11.5 Å². The van der Waals surface area contributed by atoms with Crippen molar-refractivity contribution in [2.75, 3.05) is 25.1 Å². The van der Waals surface area contributed by atoms with Crippen LogP contribution in [0.4, 0.5) is 11.4 Å². The number of nitrogens with zero attached hydrogens (tertiary/aromatic N) is 1. The summed E-state index contributed by atoms with van der Waals surface area (Å²) in [6, 6.07) is 10.5. The van der Waals surface area contributed by atoms with Crippen LogP contribution in [0.2, 0.25) is 0 Å². The zero-order valence-corrected chi connectivity index (χ0v) is 14.9. The molecule has 0 fully saturated rings. The Morgan fingerprint density at radius 1 is 1.12 bits per heavy atom. The van der Waals surface area contributed by atoms with E-state index in [9.17, 15) is 18.5 Å². The fraction of sp³-hybridized carbons (Fsp3) is 0.250. The molecule has 0 amide bonds. The minimum atomic E-state index is -4.01. The summed E-state index contributed by atoms with van der Waals surface area (Å²) >= 11 is 0. The first kappa shape index (κ1) is 19.5.